The zero-order valence-corrected chi connectivity index (χ0v) is 7.53. The van der Waals surface area contributed by atoms with Crippen molar-refractivity contribution in [3.05, 3.63) is 0 Å². The van der Waals surface area contributed by atoms with E-state index in [0.29, 0.717) is 0 Å². The highest BCUT2D eigenvalue weighted by Crippen LogP contribution is 1.88. The maximum absolute atomic E-state index is 4.28. The minimum Gasteiger partial charge on any atom is -0.372 e. The minimum atomic E-state index is 0.903. The van der Waals surface area contributed by atoms with Gasteiger partial charge in [-0.3, -0.25) is 4.99 Å². The Hall–Kier alpha value is -0.220. The molecular weight excluding hydrogens is 158 g/mol. The highest BCUT2D eigenvalue weighted by molar-refractivity contribution is 7.80. The van der Waals surface area contributed by atoms with Gasteiger partial charge in [0.1, 0.15) is 0 Å². The van der Waals surface area contributed by atoms with Crippen molar-refractivity contribution in [1.82, 2.24) is 10.6 Å². The van der Waals surface area contributed by atoms with Crippen LogP contribution < -0.4 is 10.6 Å². The number of thiol groups is 1. The second-order valence-corrected chi connectivity index (χ2v) is 2.93. The molecule has 11 heavy (non-hydrogen) atoms. The van der Waals surface area contributed by atoms with E-state index in [9.17, 15) is 0 Å². The molecule has 0 aromatic heterocycles. The number of amidine groups is 1. The van der Waals surface area contributed by atoms with Crippen molar-refractivity contribution in [3.63, 3.8) is 0 Å². The molecule has 0 aromatic carbocycles. The number of hydrogen-bond donors (Lipinski definition) is 3. The van der Waals surface area contributed by atoms with Gasteiger partial charge in [0.05, 0.1) is 12.4 Å². The fourth-order valence-electron chi connectivity index (χ4n) is 1.03. The first kappa shape index (κ1) is 8.87. The predicted molar refractivity (Wildman–Crippen MR) is 51.6 cm³/mol. The van der Waals surface area contributed by atoms with Crippen molar-refractivity contribution in [1.29, 1.82) is 0 Å². The van der Waals surface area contributed by atoms with E-state index in [0.717, 1.165) is 44.2 Å². The molecule has 0 bridgehead atoms. The molecule has 0 fully saturated rings. The number of aliphatic imine (C=N–C) groups is 1. The van der Waals surface area contributed by atoms with Gasteiger partial charge in [0.15, 0.2) is 0 Å². The molecule has 3 nitrogen and oxygen atoms in total. The molecule has 0 spiro atoms. The molecule has 0 saturated heterocycles. The third kappa shape index (κ3) is 3.62. The Balaban J connectivity index is 1.94. The van der Waals surface area contributed by atoms with Crippen LogP contribution in [0, 0.1) is 0 Å². The first-order valence-corrected chi connectivity index (χ1v) is 4.65. The Bertz CT molecular complexity index is 136. The molecule has 2 N–H and O–H groups in total. The molecule has 0 atom stereocenters. The van der Waals surface area contributed by atoms with Gasteiger partial charge in [-0.15, -0.1) is 0 Å². The SMILES string of the molecule is SCCNCCC1=NCCN1. The first-order chi connectivity index (χ1) is 5.43. The molecule has 0 saturated carbocycles. The molecule has 1 rings (SSSR count). The molecule has 0 amide bonds. The fraction of sp³-hybridized carbons (Fsp3) is 0.857. The topological polar surface area (TPSA) is 36.4 Å². The summed E-state index contributed by atoms with van der Waals surface area (Å²) in [5, 5.41) is 6.49. The van der Waals surface area contributed by atoms with E-state index in [1.165, 1.54) is 0 Å². The summed E-state index contributed by atoms with van der Waals surface area (Å²) in [5.74, 6) is 2.05. The van der Waals surface area contributed by atoms with Crippen molar-refractivity contribution in [2.24, 2.45) is 4.99 Å². The molecular formula is C7H15N3S. The Labute approximate surface area is 73.1 Å². The summed E-state index contributed by atoms with van der Waals surface area (Å²) in [6, 6.07) is 0. The van der Waals surface area contributed by atoms with Gasteiger partial charge in [-0.05, 0) is 0 Å². The molecule has 1 aliphatic rings. The maximum atomic E-state index is 4.28. The smallest absolute Gasteiger partial charge is 0.0977 e. The van der Waals surface area contributed by atoms with Gasteiger partial charge in [0, 0.05) is 31.8 Å². The second kappa shape index (κ2) is 5.43. The third-order valence-electron chi connectivity index (χ3n) is 1.57. The summed E-state index contributed by atoms with van der Waals surface area (Å²) in [7, 11) is 0. The quantitative estimate of drug-likeness (QED) is 0.401. The molecule has 1 heterocycles. The zero-order valence-electron chi connectivity index (χ0n) is 6.64. The molecule has 1 aliphatic heterocycles. The summed E-state index contributed by atoms with van der Waals surface area (Å²) in [6.45, 7) is 3.95. The van der Waals surface area contributed by atoms with E-state index < -0.39 is 0 Å². The zero-order chi connectivity index (χ0) is 7.94. The van der Waals surface area contributed by atoms with E-state index in [2.05, 4.69) is 28.3 Å². The van der Waals surface area contributed by atoms with Crippen LogP contribution in [-0.2, 0) is 0 Å². The molecule has 0 radical (unpaired) electrons. The van der Waals surface area contributed by atoms with Crippen LogP contribution in [0.2, 0.25) is 0 Å². The van der Waals surface area contributed by atoms with Crippen molar-refractivity contribution in [2.45, 2.75) is 6.42 Å². The molecule has 64 valence electrons. The van der Waals surface area contributed by atoms with Gasteiger partial charge >= 0.3 is 0 Å². The van der Waals surface area contributed by atoms with Crippen LogP contribution in [0.15, 0.2) is 4.99 Å². The summed E-state index contributed by atoms with van der Waals surface area (Å²) in [6.07, 6.45) is 1.02. The molecule has 0 aromatic rings. The Kier molecular flexibility index (Phi) is 4.38. The normalized spacial score (nSPS) is 16.3. The highest BCUT2D eigenvalue weighted by atomic mass is 32.1. The molecule has 0 unspecified atom stereocenters. The van der Waals surface area contributed by atoms with Crippen LogP contribution >= 0.6 is 12.6 Å². The van der Waals surface area contributed by atoms with Crippen LogP contribution in [0.4, 0.5) is 0 Å². The lowest BCUT2D eigenvalue weighted by atomic mass is 10.4. The second-order valence-electron chi connectivity index (χ2n) is 2.48. The number of nitrogens with zero attached hydrogens (tertiary/aromatic N) is 1. The Morgan fingerprint density at radius 3 is 3.09 bits per heavy atom. The summed E-state index contributed by atoms with van der Waals surface area (Å²) < 4.78 is 0. The lowest BCUT2D eigenvalue weighted by Gasteiger charge is -2.02. The summed E-state index contributed by atoms with van der Waals surface area (Å²) in [4.78, 5) is 4.28. The van der Waals surface area contributed by atoms with E-state index >= 15 is 0 Å². The molecule has 0 aliphatic carbocycles. The largest absolute Gasteiger partial charge is 0.372 e. The first-order valence-electron chi connectivity index (χ1n) is 4.02. The highest BCUT2D eigenvalue weighted by Gasteiger charge is 2.02. The van der Waals surface area contributed by atoms with Crippen molar-refractivity contribution >= 4 is 18.5 Å². The number of rotatable bonds is 5. The van der Waals surface area contributed by atoms with Gasteiger partial charge < -0.3 is 10.6 Å². The van der Waals surface area contributed by atoms with Crippen molar-refractivity contribution < 1.29 is 0 Å². The maximum Gasteiger partial charge on any atom is 0.0977 e. The predicted octanol–water partition coefficient (Wildman–Crippen LogP) is -0.102. The molecule has 4 heteroatoms. The summed E-state index contributed by atoms with van der Waals surface area (Å²) in [5.41, 5.74) is 0. The fourth-order valence-corrected chi connectivity index (χ4v) is 1.18. The average molecular weight is 173 g/mol. The van der Waals surface area contributed by atoms with E-state index in [1.807, 2.05) is 0 Å². The van der Waals surface area contributed by atoms with Crippen LogP contribution in [0.3, 0.4) is 0 Å². The number of hydrogen-bond acceptors (Lipinski definition) is 4. The van der Waals surface area contributed by atoms with E-state index in [1.54, 1.807) is 0 Å². The van der Waals surface area contributed by atoms with Crippen LogP contribution in [0.25, 0.3) is 0 Å². The summed E-state index contributed by atoms with van der Waals surface area (Å²) >= 11 is 4.10. The van der Waals surface area contributed by atoms with Gasteiger partial charge in [-0.2, -0.15) is 12.6 Å². The lowest BCUT2D eigenvalue weighted by molar-refractivity contribution is 0.737. The average Bonchev–Trinajstić information content (AvgIpc) is 2.50. The van der Waals surface area contributed by atoms with Crippen LogP contribution in [-0.4, -0.2) is 37.8 Å². The standard InChI is InChI=1S/C7H15N3S/c11-6-5-8-2-1-7-9-3-4-10-7/h8,11H,1-6H2,(H,9,10). The Morgan fingerprint density at radius 1 is 1.55 bits per heavy atom. The van der Waals surface area contributed by atoms with Crippen LogP contribution in [0.1, 0.15) is 6.42 Å². The van der Waals surface area contributed by atoms with Crippen molar-refractivity contribution in [3.8, 4) is 0 Å². The van der Waals surface area contributed by atoms with Gasteiger partial charge in [0.2, 0.25) is 0 Å². The van der Waals surface area contributed by atoms with Gasteiger partial charge in [-0.1, -0.05) is 0 Å². The van der Waals surface area contributed by atoms with E-state index in [-0.39, 0.29) is 0 Å². The number of nitrogens with one attached hydrogen (secondary N) is 2. The minimum absolute atomic E-state index is 0.903. The van der Waals surface area contributed by atoms with Gasteiger partial charge in [-0.25, -0.2) is 0 Å². The van der Waals surface area contributed by atoms with Crippen LogP contribution in [0.5, 0.6) is 0 Å². The third-order valence-corrected chi connectivity index (χ3v) is 1.79. The monoisotopic (exact) mass is 173 g/mol. The lowest BCUT2D eigenvalue weighted by Crippen LogP contribution is -2.25. The van der Waals surface area contributed by atoms with Gasteiger partial charge in [0.25, 0.3) is 0 Å². The van der Waals surface area contributed by atoms with E-state index in [4.69, 9.17) is 0 Å². The Morgan fingerprint density at radius 2 is 2.45 bits per heavy atom. The van der Waals surface area contributed by atoms with Crippen molar-refractivity contribution in [2.75, 3.05) is 31.9 Å².